The van der Waals surface area contributed by atoms with Gasteiger partial charge in [0.2, 0.25) is 0 Å². The number of rotatable bonds is 2. The smallest absolute Gasteiger partial charge is 0.0326 e. The first-order valence-electron chi connectivity index (χ1n) is 4.81. The fourth-order valence-electron chi connectivity index (χ4n) is 1.76. The van der Waals surface area contributed by atoms with Crippen LogP contribution in [-0.2, 0) is 0 Å². The lowest BCUT2D eigenvalue weighted by Crippen LogP contribution is -2.44. The maximum Gasteiger partial charge on any atom is 0.0326 e. The minimum Gasteiger partial charge on any atom is -0.325 e. The Labute approximate surface area is 75.5 Å². The highest BCUT2D eigenvalue weighted by Gasteiger charge is 2.30. The average Bonchev–Trinajstić information content (AvgIpc) is 2.31. The Morgan fingerprint density at radius 2 is 1.33 bits per heavy atom. The molecule has 1 heterocycles. The second-order valence-corrected chi connectivity index (χ2v) is 4.19. The molecule has 2 N–H and O–H groups in total. The molecule has 0 aliphatic carbocycles. The molecule has 0 aromatic rings. The molecule has 0 atom stereocenters. The van der Waals surface area contributed by atoms with Crippen molar-refractivity contribution in [2.24, 2.45) is 5.73 Å². The quantitative estimate of drug-likeness (QED) is 0.662. The van der Waals surface area contributed by atoms with Crippen molar-refractivity contribution in [3.05, 3.63) is 0 Å². The van der Waals surface area contributed by atoms with Gasteiger partial charge < -0.3 is 5.73 Å². The first-order chi connectivity index (χ1) is 5.52. The summed E-state index contributed by atoms with van der Waals surface area (Å²) in [5.74, 6) is 0. The molecule has 0 aromatic carbocycles. The first kappa shape index (κ1) is 9.96. The molecule has 12 heavy (non-hydrogen) atoms. The predicted octanol–water partition coefficient (Wildman–Crippen LogP) is 0.663. The summed E-state index contributed by atoms with van der Waals surface area (Å²) >= 11 is 0. The molecule has 0 radical (unpaired) electrons. The highest BCUT2D eigenvalue weighted by molar-refractivity contribution is 4.82. The van der Waals surface area contributed by atoms with Crippen molar-refractivity contribution in [1.29, 1.82) is 0 Å². The summed E-state index contributed by atoms with van der Waals surface area (Å²) in [5, 5.41) is 4.74. The normalized spacial score (nSPS) is 23.2. The molecule has 72 valence electrons. The second kappa shape index (κ2) is 3.73. The molecule has 0 aromatic heterocycles. The van der Waals surface area contributed by atoms with Crippen LogP contribution in [0.3, 0.4) is 0 Å². The Bertz CT molecular complexity index is 129. The highest BCUT2D eigenvalue weighted by Crippen LogP contribution is 2.16. The van der Waals surface area contributed by atoms with Crippen molar-refractivity contribution in [1.82, 2.24) is 10.0 Å². The summed E-state index contributed by atoms with van der Waals surface area (Å²) in [6.07, 6.45) is 0. The molecular formula is C9H21N3. The van der Waals surface area contributed by atoms with Crippen LogP contribution in [0.25, 0.3) is 0 Å². The molecule has 0 amide bonds. The van der Waals surface area contributed by atoms with E-state index < -0.39 is 0 Å². The molecular weight excluding hydrogens is 150 g/mol. The molecule has 3 heteroatoms. The molecule has 0 saturated carbocycles. The van der Waals surface area contributed by atoms with Crippen LogP contribution in [0.1, 0.15) is 27.7 Å². The molecule has 1 aliphatic rings. The minimum atomic E-state index is 0.329. The predicted molar refractivity (Wildman–Crippen MR) is 51.7 cm³/mol. The molecule has 1 fully saturated rings. The number of hydrazine groups is 1. The molecule has 1 saturated heterocycles. The largest absolute Gasteiger partial charge is 0.325 e. The van der Waals surface area contributed by atoms with Gasteiger partial charge in [-0.1, -0.05) is 0 Å². The Kier molecular flexibility index (Phi) is 3.09. The number of hydrogen-bond acceptors (Lipinski definition) is 3. The highest BCUT2D eigenvalue weighted by atomic mass is 15.7. The summed E-state index contributed by atoms with van der Waals surface area (Å²) < 4.78 is 0. The second-order valence-electron chi connectivity index (χ2n) is 4.19. The lowest BCUT2D eigenvalue weighted by atomic mass is 10.3. The Hall–Kier alpha value is -0.120. The third-order valence-corrected chi connectivity index (χ3v) is 2.37. The van der Waals surface area contributed by atoms with Crippen molar-refractivity contribution in [2.75, 3.05) is 13.1 Å². The van der Waals surface area contributed by atoms with Crippen molar-refractivity contribution in [3.8, 4) is 0 Å². The Morgan fingerprint density at radius 1 is 1.00 bits per heavy atom. The van der Waals surface area contributed by atoms with E-state index in [9.17, 15) is 0 Å². The zero-order chi connectivity index (χ0) is 9.30. The molecule has 1 aliphatic heterocycles. The van der Waals surface area contributed by atoms with Gasteiger partial charge in [-0.3, -0.25) is 0 Å². The van der Waals surface area contributed by atoms with Gasteiger partial charge in [-0.05, 0) is 27.7 Å². The zero-order valence-corrected chi connectivity index (χ0v) is 8.62. The number of hydrogen-bond donors (Lipinski definition) is 1. The van der Waals surface area contributed by atoms with E-state index in [1.54, 1.807) is 0 Å². The van der Waals surface area contributed by atoms with Crippen LogP contribution in [0.15, 0.2) is 0 Å². The van der Waals surface area contributed by atoms with Gasteiger partial charge >= 0.3 is 0 Å². The van der Waals surface area contributed by atoms with Crippen molar-refractivity contribution in [3.63, 3.8) is 0 Å². The molecule has 0 spiro atoms. The minimum absolute atomic E-state index is 0.329. The van der Waals surface area contributed by atoms with Crippen LogP contribution < -0.4 is 5.73 Å². The molecule has 0 bridgehead atoms. The SMILES string of the molecule is CC(C)N1CC(N)CN1C(C)C. The van der Waals surface area contributed by atoms with Crippen LogP contribution in [0.2, 0.25) is 0 Å². The third kappa shape index (κ3) is 1.97. The van der Waals surface area contributed by atoms with Crippen LogP contribution in [0.5, 0.6) is 0 Å². The number of nitrogens with two attached hydrogens (primary N) is 1. The maximum absolute atomic E-state index is 5.91. The van der Waals surface area contributed by atoms with E-state index in [-0.39, 0.29) is 0 Å². The summed E-state index contributed by atoms with van der Waals surface area (Å²) in [5.41, 5.74) is 5.91. The van der Waals surface area contributed by atoms with Crippen LogP contribution in [0, 0.1) is 0 Å². The van der Waals surface area contributed by atoms with Gasteiger partial charge in [0.15, 0.2) is 0 Å². The van der Waals surface area contributed by atoms with Crippen molar-refractivity contribution < 1.29 is 0 Å². The fourth-order valence-corrected chi connectivity index (χ4v) is 1.76. The van der Waals surface area contributed by atoms with E-state index in [1.807, 2.05) is 0 Å². The van der Waals surface area contributed by atoms with Crippen LogP contribution in [0.4, 0.5) is 0 Å². The van der Waals surface area contributed by atoms with Crippen molar-refractivity contribution >= 4 is 0 Å². The molecule has 1 rings (SSSR count). The van der Waals surface area contributed by atoms with Gasteiger partial charge in [0.1, 0.15) is 0 Å². The van der Waals surface area contributed by atoms with Gasteiger partial charge in [-0.2, -0.15) is 0 Å². The topological polar surface area (TPSA) is 32.5 Å². The van der Waals surface area contributed by atoms with E-state index in [1.165, 1.54) is 0 Å². The lowest BCUT2D eigenvalue weighted by Gasteiger charge is -2.33. The van der Waals surface area contributed by atoms with Gasteiger partial charge in [-0.15, -0.1) is 0 Å². The van der Waals surface area contributed by atoms with E-state index in [0.717, 1.165) is 13.1 Å². The van der Waals surface area contributed by atoms with Crippen molar-refractivity contribution in [2.45, 2.75) is 45.8 Å². The van der Waals surface area contributed by atoms with Gasteiger partial charge in [0.05, 0.1) is 0 Å². The van der Waals surface area contributed by atoms with Gasteiger partial charge in [0.25, 0.3) is 0 Å². The Morgan fingerprint density at radius 3 is 1.58 bits per heavy atom. The van der Waals surface area contributed by atoms with Crippen LogP contribution >= 0.6 is 0 Å². The zero-order valence-electron chi connectivity index (χ0n) is 8.62. The van der Waals surface area contributed by atoms with Gasteiger partial charge in [0, 0.05) is 31.2 Å². The molecule has 3 nitrogen and oxygen atoms in total. The average molecular weight is 171 g/mol. The van der Waals surface area contributed by atoms with E-state index >= 15 is 0 Å². The first-order valence-corrected chi connectivity index (χ1v) is 4.81. The van der Waals surface area contributed by atoms with E-state index in [0.29, 0.717) is 18.1 Å². The van der Waals surface area contributed by atoms with Crippen LogP contribution in [-0.4, -0.2) is 41.2 Å². The summed E-state index contributed by atoms with van der Waals surface area (Å²) in [6.45, 7) is 10.9. The van der Waals surface area contributed by atoms with Gasteiger partial charge in [-0.25, -0.2) is 10.0 Å². The molecule has 0 unspecified atom stereocenters. The van der Waals surface area contributed by atoms with E-state index in [4.69, 9.17) is 5.73 Å². The summed E-state index contributed by atoms with van der Waals surface area (Å²) in [6, 6.07) is 1.47. The third-order valence-electron chi connectivity index (χ3n) is 2.37. The monoisotopic (exact) mass is 171 g/mol. The summed E-state index contributed by atoms with van der Waals surface area (Å²) in [4.78, 5) is 0. The number of nitrogens with zero attached hydrogens (tertiary/aromatic N) is 2. The van der Waals surface area contributed by atoms with E-state index in [2.05, 4.69) is 37.7 Å². The maximum atomic E-state index is 5.91. The Balaban J connectivity index is 2.59. The summed E-state index contributed by atoms with van der Waals surface area (Å²) in [7, 11) is 0. The fraction of sp³-hybridized carbons (Fsp3) is 1.00. The standard InChI is InChI=1S/C9H21N3/c1-7(2)11-5-9(10)6-12(11)8(3)4/h7-9H,5-6,10H2,1-4H3. The lowest BCUT2D eigenvalue weighted by molar-refractivity contribution is -0.0272.